The van der Waals surface area contributed by atoms with Crippen LogP contribution in [-0.4, -0.2) is 30.8 Å². The van der Waals surface area contributed by atoms with E-state index in [2.05, 4.69) is 117 Å². The molecule has 272 valence electrons. The molecule has 1 aliphatic carbocycles. The van der Waals surface area contributed by atoms with Gasteiger partial charge >= 0.3 is 0 Å². The predicted molar refractivity (Wildman–Crippen MR) is 220 cm³/mol. The zero-order chi connectivity index (χ0) is 37.7. The van der Waals surface area contributed by atoms with Crippen LogP contribution in [0.25, 0.3) is 5.57 Å². The van der Waals surface area contributed by atoms with Gasteiger partial charge in [0, 0.05) is 19.6 Å². The van der Waals surface area contributed by atoms with E-state index in [9.17, 15) is 0 Å². The third kappa shape index (κ3) is 34.2. The Labute approximate surface area is 299 Å². The maximum absolute atomic E-state index is 8.81. The van der Waals surface area contributed by atoms with Crippen LogP contribution in [0, 0.1) is 17.8 Å². The highest BCUT2D eigenvalue weighted by Gasteiger charge is 2.23. The van der Waals surface area contributed by atoms with E-state index >= 15 is 0 Å². The fraction of sp³-hybridized carbons (Fsp3) is 0.533. The van der Waals surface area contributed by atoms with Gasteiger partial charge in [-0.1, -0.05) is 132 Å². The number of rotatable bonds is 7. The average Bonchev–Trinajstić information content (AvgIpc) is 3.83. The molecule has 1 heterocycles. The molecule has 0 aromatic heterocycles. The van der Waals surface area contributed by atoms with Gasteiger partial charge in [0.1, 0.15) is 6.29 Å². The van der Waals surface area contributed by atoms with Crippen molar-refractivity contribution in [2.45, 2.75) is 122 Å². The molecule has 1 aromatic carbocycles. The van der Waals surface area contributed by atoms with Gasteiger partial charge in [0.05, 0.1) is 0 Å². The average molecular weight is 661 g/mol. The summed E-state index contributed by atoms with van der Waals surface area (Å²) in [7, 11) is 0. The number of carbonyl (C=O) groups excluding carboxylic acids is 1. The number of hydrogen-bond acceptors (Lipinski definition) is 3. The van der Waals surface area contributed by atoms with Crippen LogP contribution in [0.3, 0.4) is 0 Å². The highest BCUT2D eigenvalue weighted by molar-refractivity contribution is 5.67. The summed E-state index contributed by atoms with van der Waals surface area (Å²) in [5.41, 5.74) is 13.9. The molecule has 1 saturated carbocycles. The molecule has 3 rings (SSSR count). The summed E-state index contributed by atoms with van der Waals surface area (Å²) in [6, 6.07) is 9.36. The van der Waals surface area contributed by atoms with Crippen LogP contribution in [0.5, 0.6) is 0 Å². The SMILES string of the molecule is C/C(CN1CC(C)CCC(C)C1)=C(\C)c1ccc(C2CC2)cc1.C=C(C)/C=C\C=C(C)C.C=C(C)N.C=C/C=C\C.CC(C)C.CC=O. The maximum Gasteiger partial charge on any atom is 0.116 e. The van der Waals surface area contributed by atoms with Crippen molar-refractivity contribution >= 4 is 11.9 Å². The molecule has 0 bridgehead atoms. The molecule has 2 N–H and O–H groups in total. The molecular formula is C45H76N2O. The van der Waals surface area contributed by atoms with Crippen molar-refractivity contribution in [1.29, 1.82) is 0 Å². The van der Waals surface area contributed by atoms with E-state index in [1.165, 1.54) is 73.5 Å². The number of nitrogens with zero attached hydrogens (tertiary/aromatic N) is 1. The second kappa shape index (κ2) is 31.1. The van der Waals surface area contributed by atoms with Gasteiger partial charge in [-0.2, -0.15) is 0 Å². The van der Waals surface area contributed by atoms with Gasteiger partial charge in [0.25, 0.3) is 0 Å². The summed E-state index contributed by atoms with van der Waals surface area (Å²) in [5, 5.41) is 0. The van der Waals surface area contributed by atoms with Crippen LogP contribution >= 0.6 is 0 Å². The Balaban J connectivity index is -0.000000666. The number of allylic oxidation sites excluding steroid dienone is 10. The smallest absolute Gasteiger partial charge is 0.116 e. The van der Waals surface area contributed by atoms with Crippen molar-refractivity contribution in [3.8, 4) is 0 Å². The molecule has 2 unspecified atom stereocenters. The lowest BCUT2D eigenvalue weighted by molar-refractivity contribution is -0.106. The Hall–Kier alpha value is -3.17. The summed E-state index contributed by atoms with van der Waals surface area (Å²) in [5.74, 6) is 3.37. The number of likely N-dealkylation sites (tertiary alicyclic amines) is 1. The van der Waals surface area contributed by atoms with Crippen molar-refractivity contribution in [3.05, 3.63) is 114 Å². The molecule has 1 aromatic rings. The summed E-state index contributed by atoms with van der Waals surface area (Å²) in [6.07, 6.45) is 18.0. The first-order valence-electron chi connectivity index (χ1n) is 18.0. The molecule has 1 aliphatic heterocycles. The molecule has 2 atom stereocenters. The van der Waals surface area contributed by atoms with E-state index in [0.29, 0.717) is 5.70 Å². The van der Waals surface area contributed by atoms with Crippen LogP contribution in [0.15, 0.2) is 103 Å². The quantitative estimate of drug-likeness (QED) is 0.234. The van der Waals surface area contributed by atoms with Gasteiger partial charge in [0.15, 0.2) is 0 Å². The van der Waals surface area contributed by atoms with Crippen molar-refractivity contribution < 1.29 is 4.79 Å². The third-order valence-electron chi connectivity index (χ3n) is 6.92. The molecule has 2 fully saturated rings. The van der Waals surface area contributed by atoms with Crippen molar-refractivity contribution in [1.82, 2.24) is 4.90 Å². The molecule has 0 spiro atoms. The lowest BCUT2D eigenvalue weighted by Gasteiger charge is -2.25. The Kier molecular flexibility index (Phi) is 31.9. The fourth-order valence-corrected chi connectivity index (χ4v) is 4.50. The molecule has 0 amide bonds. The first-order chi connectivity index (χ1) is 22.4. The van der Waals surface area contributed by atoms with Gasteiger partial charge in [-0.05, 0) is 127 Å². The van der Waals surface area contributed by atoms with Crippen LogP contribution < -0.4 is 5.73 Å². The van der Waals surface area contributed by atoms with E-state index in [1.54, 1.807) is 13.0 Å². The summed E-state index contributed by atoms with van der Waals surface area (Å²) in [4.78, 5) is 11.5. The highest BCUT2D eigenvalue weighted by atomic mass is 16.1. The maximum atomic E-state index is 8.81. The number of aldehydes is 1. The van der Waals surface area contributed by atoms with Gasteiger partial charge < -0.3 is 10.5 Å². The largest absolute Gasteiger partial charge is 0.403 e. The van der Waals surface area contributed by atoms with Gasteiger partial charge in [-0.15, -0.1) is 0 Å². The monoisotopic (exact) mass is 661 g/mol. The lowest BCUT2D eigenvalue weighted by Crippen LogP contribution is -2.31. The second-order valence-electron chi connectivity index (χ2n) is 14.3. The second-order valence-corrected chi connectivity index (χ2v) is 14.3. The standard InChI is InChI=1S/C22H33N.C9H14.C5H8.C4H10.C3H7N.C2H4O/c1-16-5-6-17(2)14-23(13-16)15-18(3)19(4)20-7-9-21(10-8-20)22-11-12-22;1-8(2)6-5-7-9(3)4;1-3-5-4-2;1-4(2)3;1-3(2)4;1-2-3/h7-10,16-17,22H,5-6,11-15H2,1-4H3;5-7H,1H2,2-4H3;3-5H,1H2,2H3;4H,1-3H3;1,4H2,2H3;2H,1H3/b19-18-;6-5-;5-4-;;;. The first-order valence-corrected chi connectivity index (χ1v) is 18.0. The van der Waals surface area contributed by atoms with Crippen LogP contribution in [0.2, 0.25) is 0 Å². The van der Waals surface area contributed by atoms with E-state index in [0.717, 1.165) is 42.1 Å². The summed E-state index contributed by atoms with van der Waals surface area (Å²) in [6.45, 7) is 41.4. The molecular weight excluding hydrogens is 585 g/mol. The van der Waals surface area contributed by atoms with Crippen molar-refractivity contribution in [2.75, 3.05) is 19.6 Å². The van der Waals surface area contributed by atoms with Crippen LogP contribution in [0.4, 0.5) is 0 Å². The Morgan fingerprint density at radius 1 is 0.875 bits per heavy atom. The lowest BCUT2D eigenvalue weighted by atomic mass is 9.99. The number of carbonyl (C=O) groups is 1. The van der Waals surface area contributed by atoms with Crippen LogP contribution in [-0.2, 0) is 4.79 Å². The minimum Gasteiger partial charge on any atom is -0.403 e. The molecule has 2 aliphatic rings. The number of benzene rings is 1. The van der Waals surface area contributed by atoms with Gasteiger partial charge in [0.2, 0.25) is 0 Å². The Bertz CT molecular complexity index is 1100. The normalized spacial score (nSPS) is 17.5. The topological polar surface area (TPSA) is 46.3 Å². The van der Waals surface area contributed by atoms with E-state index in [1.807, 2.05) is 38.2 Å². The Morgan fingerprint density at radius 2 is 1.31 bits per heavy atom. The van der Waals surface area contributed by atoms with Crippen LogP contribution in [0.1, 0.15) is 133 Å². The van der Waals surface area contributed by atoms with Gasteiger partial charge in [-0.3, -0.25) is 4.90 Å². The number of nitrogens with two attached hydrogens (primary N) is 1. The molecule has 3 heteroatoms. The zero-order valence-electron chi connectivity index (χ0n) is 33.7. The summed E-state index contributed by atoms with van der Waals surface area (Å²) >= 11 is 0. The first kappa shape index (κ1) is 49.2. The third-order valence-corrected chi connectivity index (χ3v) is 6.92. The van der Waals surface area contributed by atoms with E-state index in [-0.39, 0.29) is 0 Å². The minimum atomic E-state index is 0.667. The molecule has 0 radical (unpaired) electrons. The molecule has 48 heavy (non-hydrogen) atoms. The van der Waals surface area contributed by atoms with Crippen molar-refractivity contribution in [3.63, 3.8) is 0 Å². The predicted octanol–water partition coefficient (Wildman–Crippen LogP) is 12.9. The molecule has 3 nitrogen and oxygen atoms in total. The van der Waals surface area contributed by atoms with Gasteiger partial charge in [-0.25, -0.2) is 0 Å². The number of hydrogen-bond donors (Lipinski definition) is 1. The zero-order valence-corrected chi connectivity index (χ0v) is 33.7. The van der Waals surface area contributed by atoms with Crippen molar-refractivity contribution in [2.24, 2.45) is 23.5 Å². The Morgan fingerprint density at radius 3 is 1.62 bits per heavy atom. The van der Waals surface area contributed by atoms with E-state index in [4.69, 9.17) is 10.5 Å². The van der Waals surface area contributed by atoms with E-state index < -0.39 is 0 Å². The summed E-state index contributed by atoms with van der Waals surface area (Å²) < 4.78 is 0. The molecule has 1 saturated heterocycles. The highest BCUT2D eigenvalue weighted by Crippen LogP contribution is 2.40. The minimum absolute atomic E-state index is 0.667. The fourth-order valence-electron chi connectivity index (χ4n) is 4.50.